The number of sulfonamides is 1. The zero-order valence-electron chi connectivity index (χ0n) is 16.7. The summed E-state index contributed by atoms with van der Waals surface area (Å²) in [7, 11) is -3.82. The number of carbonyl (C=O) groups excluding carboxylic acids is 1. The summed E-state index contributed by atoms with van der Waals surface area (Å²) in [5.74, 6) is -0.262. The van der Waals surface area contributed by atoms with Crippen LogP contribution in [0.1, 0.15) is 19.4 Å². The molecule has 1 aromatic heterocycles. The second-order valence-corrected chi connectivity index (χ2v) is 9.16. The number of aromatic nitrogens is 2. The van der Waals surface area contributed by atoms with E-state index in [1.165, 1.54) is 36.0 Å². The maximum atomic E-state index is 13.4. The first-order valence-corrected chi connectivity index (χ1v) is 11.9. The highest BCUT2D eigenvalue weighted by molar-refractivity contribution is 7.99. The van der Waals surface area contributed by atoms with Gasteiger partial charge in [-0.3, -0.25) is 4.79 Å². The normalized spacial score (nSPS) is 11.7. The van der Waals surface area contributed by atoms with Crippen LogP contribution in [0.3, 0.4) is 0 Å². The summed E-state index contributed by atoms with van der Waals surface area (Å²) in [6.07, 6.45) is 0. The van der Waals surface area contributed by atoms with Crippen LogP contribution in [0.15, 0.2) is 52.5 Å². The number of fused-ring (bicyclic) bond motifs is 1. The lowest BCUT2D eigenvalue weighted by molar-refractivity contribution is -0.128. The van der Waals surface area contributed by atoms with Gasteiger partial charge in [0.15, 0.2) is 5.16 Å². The summed E-state index contributed by atoms with van der Waals surface area (Å²) in [5.41, 5.74) is 2.00. The van der Waals surface area contributed by atoms with E-state index in [1.54, 1.807) is 23.1 Å². The Morgan fingerprint density at radius 3 is 2.63 bits per heavy atom. The molecule has 30 heavy (non-hydrogen) atoms. The SMILES string of the molecule is CCN(Cc1cccc(F)c1)C(=O)CSc1nc2cc(S(N)(=O)=O)ccc2n1CC. The van der Waals surface area contributed by atoms with Gasteiger partial charge in [-0.1, -0.05) is 23.9 Å². The van der Waals surface area contributed by atoms with E-state index >= 15 is 0 Å². The fourth-order valence-corrected chi connectivity index (χ4v) is 4.64. The van der Waals surface area contributed by atoms with Crippen LogP contribution in [0.5, 0.6) is 0 Å². The molecule has 0 aliphatic carbocycles. The van der Waals surface area contributed by atoms with Crippen molar-refractivity contribution in [3.8, 4) is 0 Å². The van der Waals surface area contributed by atoms with E-state index in [-0.39, 0.29) is 22.4 Å². The average Bonchev–Trinajstić information content (AvgIpc) is 3.06. The number of benzene rings is 2. The molecule has 0 aliphatic heterocycles. The minimum absolute atomic E-state index is 0.00405. The molecule has 0 spiro atoms. The molecule has 0 unspecified atom stereocenters. The van der Waals surface area contributed by atoms with Crippen LogP contribution in [0, 0.1) is 5.82 Å². The van der Waals surface area contributed by atoms with E-state index in [1.807, 2.05) is 18.4 Å². The lowest BCUT2D eigenvalue weighted by Crippen LogP contribution is -2.31. The molecule has 3 rings (SSSR count). The van der Waals surface area contributed by atoms with Gasteiger partial charge in [-0.2, -0.15) is 0 Å². The van der Waals surface area contributed by atoms with Crippen molar-refractivity contribution < 1.29 is 17.6 Å². The topological polar surface area (TPSA) is 98.3 Å². The van der Waals surface area contributed by atoms with E-state index in [0.717, 1.165) is 11.1 Å². The summed E-state index contributed by atoms with van der Waals surface area (Å²) in [4.78, 5) is 18.9. The Balaban J connectivity index is 1.77. The third kappa shape index (κ3) is 5.00. The van der Waals surface area contributed by atoms with Crippen molar-refractivity contribution >= 4 is 38.7 Å². The molecule has 1 heterocycles. The van der Waals surface area contributed by atoms with Crippen LogP contribution >= 0.6 is 11.8 Å². The molecule has 0 saturated heterocycles. The fourth-order valence-electron chi connectivity index (χ4n) is 3.13. The summed E-state index contributed by atoms with van der Waals surface area (Å²) in [6, 6.07) is 10.7. The van der Waals surface area contributed by atoms with Crippen molar-refractivity contribution in [3.63, 3.8) is 0 Å². The molecule has 0 saturated carbocycles. The number of hydrogen-bond donors (Lipinski definition) is 1. The van der Waals surface area contributed by atoms with Crippen LogP contribution in [0.2, 0.25) is 0 Å². The maximum Gasteiger partial charge on any atom is 0.238 e. The number of hydrogen-bond acceptors (Lipinski definition) is 5. The van der Waals surface area contributed by atoms with E-state index < -0.39 is 10.0 Å². The van der Waals surface area contributed by atoms with Crippen LogP contribution in [-0.4, -0.2) is 41.1 Å². The van der Waals surface area contributed by atoms with Gasteiger partial charge in [-0.25, -0.2) is 22.9 Å². The van der Waals surface area contributed by atoms with Crippen molar-refractivity contribution in [2.24, 2.45) is 5.14 Å². The second-order valence-electron chi connectivity index (χ2n) is 6.66. The monoisotopic (exact) mass is 450 g/mol. The molecular weight excluding hydrogens is 427 g/mol. The van der Waals surface area contributed by atoms with Gasteiger partial charge in [-0.15, -0.1) is 0 Å². The van der Waals surface area contributed by atoms with Crippen molar-refractivity contribution in [1.29, 1.82) is 0 Å². The van der Waals surface area contributed by atoms with Gasteiger partial charge in [0.25, 0.3) is 0 Å². The minimum atomic E-state index is -3.82. The van der Waals surface area contributed by atoms with Gasteiger partial charge in [0, 0.05) is 19.6 Å². The molecule has 1 amide bonds. The molecule has 7 nitrogen and oxygen atoms in total. The molecular formula is C20H23FN4O3S2. The first-order valence-electron chi connectivity index (χ1n) is 9.41. The Kier molecular flexibility index (Phi) is 6.79. The van der Waals surface area contributed by atoms with E-state index in [4.69, 9.17) is 5.14 Å². The van der Waals surface area contributed by atoms with E-state index in [2.05, 4.69) is 4.98 Å². The van der Waals surface area contributed by atoms with Gasteiger partial charge < -0.3 is 9.47 Å². The number of aryl methyl sites for hydroxylation is 1. The van der Waals surface area contributed by atoms with Gasteiger partial charge in [0.05, 0.1) is 21.7 Å². The number of halogens is 1. The zero-order chi connectivity index (χ0) is 21.9. The number of carbonyl (C=O) groups is 1. The van der Waals surface area contributed by atoms with Crippen molar-refractivity contribution in [3.05, 3.63) is 53.8 Å². The highest BCUT2D eigenvalue weighted by atomic mass is 32.2. The zero-order valence-corrected chi connectivity index (χ0v) is 18.3. The minimum Gasteiger partial charge on any atom is -0.338 e. The van der Waals surface area contributed by atoms with E-state index in [9.17, 15) is 17.6 Å². The van der Waals surface area contributed by atoms with E-state index in [0.29, 0.717) is 30.3 Å². The van der Waals surface area contributed by atoms with Crippen LogP contribution < -0.4 is 5.14 Å². The van der Waals surface area contributed by atoms with Crippen LogP contribution in [0.4, 0.5) is 4.39 Å². The Labute approximate surface area is 179 Å². The van der Waals surface area contributed by atoms with Crippen molar-refractivity contribution in [1.82, 2.24) is 14.5 Å². The quantitative estimate of drug-likeness (QED) is 0.532. The Bertz CT molecular complexity index is 1180. The molecule has 0 atom stereocenters. The summed E-state index contributed by atoms with van der Waals surface area (Å²) in [6.45, 7) is 5.26. The lowest BCUT2D eigenvalue weighted by atomic mass is 10.2. The first-order chi connectivity index (χ1) is 14.2. The Hall–Kier alpha value is -2.43. The largest absolute Gasteiger partial charge is 0.338 e. The third-order valence-corrected chi connectivity index (χ3v) is 6.52. The summed E-state index contributed by atoms with van der Waals surface area (Å²) in [5, 5.41) is 5.82. The Morgan fingerprint density at radius 1 is 1.23 bits per heavy atom. The van der Waals surface area contributed by atoms with Crippen molar-refractivity contribution in [2.75, 3.05) is 12.3 Å². The number of thioether (sulfide) groups is 1. The predicted octanol–water partition coefficient (Wildman–Crippen LogP) is 2.98. The first kappa shape index (κ1) is 22.3. The molecule has 10 heteroatoms. The number of primary sulfonamides is 1. The highest BCUT2D eigenvalue weighted by Crippen LogP contribution is 2.26. The molecule has 2 N–H and O–H groups in total. The van der Waals surface area contributed by atoms with Crippen LogP contribution in [-0.2, 0) is 27.9 Å². The van der Waals surface area contributed by atoms with Gasteiger partial charge >= 0.3 is 0 Å². The number of nitrogens with two attached hydrogens (primary N) is 1. The summed E-state index contributed by atoms with van der Waals surface area (Å²) < 4.78 is 38.5. The number of nitrogens with zero attached hydrogens (tertiary/aromatic N) is 3. The molecule has 160 valence electrons. The Morgan fingerprint density at radius 2 is 2.00 bits per heavy atom. The molecule has 3 aromatic rings. The summed E-state index contributed by atoms with van der Waals surface area (Å²) >= 11 is 1.28. The average molecular weight is 451 g/mol. The second kappa shape index (κ2) is 9.15. The predicted molar refractivity (Wildman–Crippen MR) is 115 cm³/mol. The highest BCUT2D eigenvalue weighted by Gasteiger charge is 2.18. The molecule has 0 aliphatic rings. The molecule has 2 aromatic carbocycles. The number of imidazole rings is 1. The lowest BCUT2D eigenvalue weighted by Gasteiger charge is -2.21. The molecule has 0 bridgehead atoms. The number of amides is 1. The molecule has 0 radical (unpaired) electrons. The standard InChI is InChI=1S/C20H23FN4O3S2/c1-3-24(12-14-6-5-7-15(21)10-14)19(26)13-29-20-23-17-11-16(30(22,27)28)8-9-18(17)25(20)4-2/h5-11H,3-4,12-13H2,1-2H3,(H2,22,27,28). The smallest absolute Gasteiger partial charge is 0.238 e. The van der Waals surface area contributed by atoms with Gasteiger partial charge in [0.2, 0.25) is 15.9 Å². The van der Waals surface area contributed by atoms with Gasteiger partial charge in [-0.05, 0) is 49.7 Å². The maximum absolute atomic E-state index is 13.4. The van der Waals surface area contributed by atoms with Crippen LogP contribution in [0.25, 0.3) is 11.0 Å². The van der Waals surface area contributed by atoms with Gasteiger partial charge in [0.1, 0.15) is 5.82 Å². The number of rotatable bonds is 8. The molecule has 0 fully saturated rings. The van der Waals surface area contributed by atoms with Crippen molar-refractivity contribution in [2.45, 2.75) is 37.0 Å². The third-order valence-electron chi connectivity index (χ3n) is 4.65. The fraction of sp³-hybridized carbons (Fsp3) is 0.300.